The van der Waals surface area contributed by atoms with Gasteiger partial charge in [0.1, 0.15) is 0 Å². The molecule has 1 aliphatic heterocycles. The molecule has 1 atom stereocenters. The Kier molecular flexibility index (Phi) is 3.39. The summed E-state index contributed by atoms with van der Waals surface area (Å²) >= 11 is 0. The molecule has 0 bridgehead atoms. The summed E-state index contributed by atoms with van der Waals surface area (Å²) in [6.45, 7) is 0.273. The molecule has 2 aromatic carbocycles. The third kappa shape index (κ3) is 2.38. The number of carbonyl (C=O) groups is 1. The van der Waals surface area contributed by atoms with Gasteiger partial charge in [-0.3, -0.25) is 0 Å². The average Bonchev–Trinajstić information content (AvgIpc) is 2.91. The van der Waals surface area contributed by atoms with Gasteiger partial charge in [0.25, 0.3) is 10.0 Å². The van der Waals surface area contributed by atoms with Gasteiger partial charge in [-0.2, -0.15) is 0 Å². The van der Waals surface area contributed by atoms with Crippen molar-refractivity contribution in [3.8, 4) is 0 Å². The number of amides is 2. The Morgan fingerprint density at radius 1 is 0.952 bits per heavy atom. The third-order valence-electron chi connectivity index (χ3n) is 3.41. The maximum Gasteiger partial charge on any atom is 0.332 e. The fourth-order valence-corrected chi connectivity index (χ4v) is 3.94. The standard InChI is InChI=1S/C15H14N2O3S/c18-15-16-11-14(12-7-3-1-4-8-12)17(15)21(19,20)13-9-5-2-6-10-13/h1-10,14H,11H2,(H,16,18). The Hall–Kier alpha value is -2.34. The van der Waals surface area contributed by atoms with Crippen molar-refractivity contribution < 1.29 is 13.2 Å². The van der Waals surface area contributed by atoms with Gasteiger partial charge in [0.15, 0.2) is 0 Å². The van der Waals surface area contributed by atoms with Crippen LogP contribution < -0.4 is 5.32 Å². The van der Waals surface area contributed by atoms with E-state index in [-0.39, 0.29) is 11.4 Å². The van der Waals surface area contributed by atoms with Gasteiger partial charge in [0, 0.05) is 6.54 Å². The maximum absolute atomic E-state index is 12.7. The first kappa shape index (κ1) is 13.6. The molecule has 3 rings (SSSR count). The second-order valence-corrected chi connectivity index (χ2v) is 6.54. The summed E-state index contributed by atoms with van der Waals surface area (Å²) in [6.07, 6.45) is 0. The highest BCUT2D eigenvalue weighted by molar-refractivity contribution is 7.89. The molecule has 6 heteroatoms. The smallest absolute Gasteiger partial charge is 0.332 e. The van der Waals surface area contributed by atoms with Crippen LogP contribution in [0.25, 0.3) is 0 Å². The average molecular weight is 302 g/mol. The van der Waals surface area contributed by atoms with Crippen molar-refractivity contribution in [2.75, 3.05) is 6.54 Å². The van der Waals surface area contributed by atoms with Crippen molar-refractivity contribution >= 4 is 16.1 Å². The van der Waals surface area contributed by atoms with Gasteiger partial charge >= 0.3 is 6.03 Å². The second-order valence-electron chi connectivity index (χ2n) is 4.73. The van der Waals surface area contributed by atoms with E-state index in [4.69, 9.17) is 0 Å². The Bertz CT molecular complexity index is 745. The molecule has 1 heterocycles. The lowest BCUT2D eigenvalue weighted by Gasteiger charge is -2.23. The van der Waals surface area contributed by atoms with Crippen molar-refractivity contribution in [3.05, 3.63) is 66.2 Å². The van der Waals surface area contributed by atoms with Crippen molar-refractivity contribution in [1.82, 2.24) is 9.62 Å². The van der Waals surface area contributed by atoms with E-state index in [1.165, 1.54) is 12.1 Å². The lowest BCUT2D eigenvalue weighted by Crippen LogP contribution is -2.35. The van der Waals surface area contributed by atoms with Gasteiger partial charge in [-0.05, 0) is 17.7 Å². The zero-order chi connectivity index (χ0) is 14.9. The number of hydrogen-bond acceptors (Lipinski definition) is 3. The highest BCUT2D eigenvalue weighted by atomic mass is 32.2. The summed E-state index contributed by atoms with van der Waals surface area (Å²) < 4.78 is 26.3. The van der Waals surface area contributed by atoms with Gasteiger partial charge in [0.05, 0.1) is 10.9 Å². The van der Waals surface area contributed by atoms with Gasteiger partial charge in [-0.25, -0.2) is 17.5 Å². The Morgan fingerprint density at radius 2 is 1.52 bits per heavy atom. The molecule has 21 heavy (non-hydrogen) atoms. The molecule has 0 radical (unpaired) electrons. The first-order chi connectivity index (χ1) is 10.1. The monoisotopic (exact) mass is 302 g/mol. The van der Waals surface area contributed by atoms with Crippen molar-refractivity contribution in [3.63, 3.8) is 0 Å². The zero-order valence-corrected chi connectivity index (χ0v) is 12.0. The quantitative estimate of drug-likeness (QED) is 0.944. The van der Waals surface area contributed by atoms with Crippen molar-refractivity contribution in [2.24, 2.45) is 0 Å². The number of nitrogens with one attached hydrogen (secondary N) is 1. The lowest BCUT2D eigenvalue weighted by atomic mass is 10.1. The highest BCUT2D eigenvalue weighted by Gasteiger charge is 2.41. The van der Waals surface area contributed by atoms with Crippen LogP contribution in [-0.4, -0.2) is 25.3 Å². The molecule has 1 unspecified atom stereocenters. The van der Waals surface area contributed by atoms with Crippen LogP contribution in [0.5, 0.6) is 0 Å². The summed E-state index contributed by atoms with van der Waals surface area (Å²) in [5, 5.41) is 2.60. The first-order valence-electron chi connectivity index (χ1n) is 6.53. The minimum Gasteiger partial charge on any atom is -0.335 e. The number of hydrogen-bond donors (Lipinski definition) is 1. The molecule has 0 aromatic heterocycles. The van der Waals surface area contributed by atoms with Crippen LogP contribution in [0.15, 0.2) is 65.6 Å². The van der Waals surface area contributed by atoms with Crippen LogP contribution in [0.1, 0.15) is 11.6 Å². The molecule has 108 valence electrons. The van der Waals surface area contributed by atoms with Crippen molar-refractivity contribution in [1.29, 1.82) is 0 Å². The van der Waals surface area contributed by atoms with Crippen LogP contribution in [0, 0.1) is 0 Å². The zero-order valence-electron chi connectivity index (χ0n) is 11.1. The van der Waals surface area contributed by atoms with Gasteiger partial charge in [-0.1, -0.05) is 48.5 Å². The van der Waals surface area contributed by atoms with Gasteiger partial charge in [-0.15, -0.1) is 0 Å². The third-order valence-corrected chi connectivity index (χ3v) is 5.22. The normalized spacial score (nSPS) is 18.6. The Labute approximate surface area is 123 Å². The van der Waals surface area contributed by atoms with E-state index < -0.39 is 22.1 Å². The molecule has 0 aliphatic carbocycles. The van der Waals surface area contributed by atoms with E-state index >= 15 is 0 Å². The minimum atomic E-state index is -3.86. The predicted octanol–water partition coefficient (Wildman–Crippen LogP) is 2.14. The van der Waals surface area contributed by atoms with Crippen LogP contribution in [-0.2, 0) is 10.0 Å². The number of sulfonamides is 1. The van der Waals surface area contributed by atoms with Crippen LogP contribution in [0.4, 0.5) is 4.79 Å². The maximum atomic E-state index is 12.7. The lowest BCUT2D eigenvalue weighted by molar-refractivity contribution is 0.231. The largest absolute Gasteiger partial charge is 0.335 e. The number of urea groups is 1. The van der Waals surface area contributed by atoms with Gasteiger partial charge < -0.3 is 5.32 Å². The molecule has 2 amide bonds. The van der Waals surface area contributed by atoms with E-state index in [0.717, 1.165) is 9.87 Å². The fourth-order valence-electron chi connectivity index (χ4n) is 2.40. The molecular formula is C15H14N2O3S. The summed E-state index contributed by atoms with van der Waals surface area (Å²) in [4.78, 5) is 12.1. The van der Waals surface area contributed by atoms with Crippen molar-refractivity contribution in [2.45, 2.75) is 10.9 Å². The molecule has 0 saturated carbocycles. The highest BCUT2D eigenvalue weighted by Crippen LogP contribution is 2.30. The minimum absolute atomic E-state index is 0.114. The topological polar surface area (TPSA) is 66.5 Å². The van der Waals surface area contributed by atoms with E-state index in [1.54, 1.807) is 18.2 Å². The number of carbonyl (C=O) groups excluding carboxylic acids is 1. The molecule has 1 saturated heterocycles. The summed E-state index contributed by atoms with van der Waals surface area (Å²) in [5.74, 6) is 0. The van der Waals surface area contributed by atoms with E-state index in [9.17, 15) is 13.2 Å². The number of benzene rings is 2. The molecule has 5 nitrogen and oxygen atoms in total. The molecule has 1 N–H and O–H groups in total. The van der Waals surface area contributed by atoms with Gasteiger partial charge in [0.2, 0.25) is 0 Å². The summed E-state index contributed by atoms with van der Waals surface area (Å²) in [6, 6.07) is 16.0. The second kappa shape index (κ2) is 5.21. The van der Waals surface area contributed by atoms with E-state index in [2.05, 4.69) is 5.32 Å². The Morgan fingerprint density at radius 3 is 2.14 bits per heavy atom. The Balaban J connectivity index is 2.05. The van der Waals surface area contributed by atoms with E-state index in [0.29, 0.717) is 0 Å². The van der Waals surface area contributed by atoms with Crippen LogP contribution in [0.2, 0.25) is 0 Å². The predicted molar refractivity (Wildman–Crippen MR) is 78.0 cm³/mol. The number of rotatable bonds is 3. The molecule has 1 fully saturated rings. The van der Waals surface area contributed by atoms with Crippen LogP contribution in [0.3, 0.4) is 0 Å². The summed E-state index contributed by atoms with van der Waals surface area (Å²) in [5.41, 5.74) is 0.787. The molecule has 2 aromatic rings. The molecule has 1 aliphatic rings. The summed E-state index contributed by atoms with van der Waals surface area (Å²) in [7, 11) is -3.86. The first-order valence-corrected chi connectivity index (χ1v) is 7.97. The fraction of sp³-hybridized carbons (Fsp3) is 0.133. The number of nitrogens with zero attached hydrogens (tertiary/aromatic N) is 1. The van der Waals surface area contributed by atoms with Crippen LogP contribution >= 0.6 is 0 Å². The molecular weight excluding hydrogens is 288 g/mol. The van der Waals surface area contributed by atoms with E-state index in [1.807, 2.05) is 30.3 Å². The SMILES string of the molecule is O=C1NCC(c2ccccc2)N1S(=O)(=O)c1ccccc1. The molecule has 0 spiro atoms.